The van der Waals surface area contributed by atoms with Gasteiger partial charge >= 0.3 is 0 Å². The largest absolute Gasteiger partial charge is 0.382 e. The van der Waals surface area contributed by atoms with Gasteiger partial charge in [-0.25, -0.2) is 0 Å². The van der Waals surface area contributed by atoms with Gasteiger partial charge in [0.25, 0.3) is 0 Å². The molecule has 0 aliphatic heterocycles. The predicted molar refractivity (Wildman–Crippen MR) is 80.6 cm³/mol. The number of hydrogen-bond acceptors (Lipinski definition) is 1. The van der Waals surface area contributed by atoms with Crippen molar-refractivity contribution in [2.45, 2.75) is 26.7 Å². The van der Waals surface area contributed by atoms with Crippen molar-refractivity contribution in [3.8, 4) is 0 Å². The minimum absolute atomic E-state index is 0.664. The number of anilines is 1. The molecule has 0 saturated heterocycles. The zero-order chi connectivity index (χ0) is 13.1. The molecule has 2 atom stereocenters. The number of halogens is 2. The molecular formula is C15H19Cl2N. The fourth-order valence-corrected chi connectivity index (χ4v) is 3.29. The molecule has 0 spiro atoms. The lowest BCUT2D eigenvalue weighted by Crippen LogP contribution is -2.20. The lowest BCUT2D eigenvalue weighted by atomic mass is 9.84. The van der Waals surface area contributed by atoms with Crippen LogP contribution in [0.15, 0.2) is 29.8 Å². The number of hydrogen-bond donors (Lipinski definition) is 1. The Hall–Kier alpha value is -0.660. The van der Waals surface area contributed by atoms with Crippen molar-refractivity contribution in [1.82, 2.24) is 0 Å². The Morgan fingerprint density at radius 3 is 2.56 bits per heavy atom. The smallest absolute Gasteiger partial charge is 0.0719 e. The Labute approximate surface area is 119 Å². The van der Waals surface area contributed by atoms with E-state index in [9.17, 15) is 0 Å². The van der Waals surface area contributed by atoms with Gasteiger partial charge in [0.05, 0.1) is 15.7 Å². The van der Waals surface area contributed by atoms with E-state index in [1.165, 1.54) is 18.4 Å². The van der Waals surface area contributed by atoms with E-state index in [-0.39, 0.29) is 0 Å². The SMILES string of the molecule is CC1=CC(C)CC(CNc2c(Cl)cccc2Cl)C1. The summed E-state index contributed by atoms with van der Waals surface area (Å²) in [6, 6.07) is 5.60. The molecule has 0 amide bonds. The Kier molecular flexibility index (Phi) is 4.58. The quantitative estimate of drug-likeness (QED) is 0.733. The monoisotopic (exact) mass is 283 g/mol. The number of rotatable bonds is 3. The van der Waals surface area contributed by atoms with Gasteiger partial charge in [0.1, 0.15) is 0 Å². The Balaban J connectivity index is 1.98. The lowest BCUT2D eigenvalue weighted by molar-refractivity contribution is 0.421. The van der Waals surface area contributed by atoms with Crippen LogP contribution in [-0.2, 0) is 0 Å². The standard InChI is InChI=1S/C15H19Cl2N/c1-10-6-11(2)8-12(7-10)9-18-15-13(16)4-3-5-14(15)17/h3-6,10,12,18H,7-9H2,1-2H3. The van der Waals surface area contributed by atoms with Crippen LogP contribution in [0, 0.1) is 11.8 Å². The second-order valence-electron chi connectivity index (χ2n) is 5.27. The molecule has 1 aromatic carbocycles. The van der Waals surface area contributed by atoms with Gasteiger partial charge in [-0.1, -0.05) is 47.8 Å². The van der Waals surface area contributed by atoms with Crippen LogP contribution in [0.3, 0.4) is 0 Å². The average Bonchev–Trinajstić information content (AvgIpc) is 2.27. The summed E-state index contributed by atoms with van der Waals surface area (Å²) in [5.41, 5.74) is 2.35. The van der Waals surface area contributed by atoms with Gasteiger partial charge < -0.3 is 5.32 Å². The van der Waals surface area contributed by atoms with Crippen LogP contribution in [0.5, 0.6) is 0 Å². The molecule has 0 aromatic heterocycles. The van der Waals surface area contributed by atoms with E-state index in [1.54, 1.807) is 0 Å². The van der Waals surface area contributed by atoms with Gasteiger partial charge in [0, 0.05) is 6.54 Å². The molecule has 1 aliphatic rings. The van der Waals surface area contributed by atoms with E-state index in [0.717, 1.165) is 12.2 Å². The van der Waals surface area contributed by atoms with Crippen LogP contribution in [0.4, 0.5) is 5.69 Å². The van der Waals surface area contributed by atoms with Crippen molar-refractivity contribution < 1.29 is 0 Å². The van der Waals surface area contributed by atoms with Crippen LogP contribution in [0.2, 0.25) is 10.0 Å². The van der Waals surface area contributed by atoms with Crippen molar-refractivity contribution in [3.05, 3.63) is 39.9 Å². The predicted octanol–water partition coefficient (Wildman–Crippen LogP) is 5.40. The normalized spacial score (nSPS) is 23.7. The second-order valence-corrected chi connectivity index (χ2v) is 6.09. The van der Waals surface area contributed by atoms with E-state index in [2.05, 4.69) is 25.2 Å². The first-order valence-corrected chi connectivity index (χ1v) is 7.17. The molecule has 0 bridgehead atoms. The summed E-state index contributed by atoms with van der Waals surface area (Å²) < 4.78 is 0. The average molecular weight is 284 g/mol. The van der Waals surface area contributed by atoms with Gasteiger partial charge in [0.15, 0.2) is 0 Å². The zero-order valence-corrected chi connectivity index (χ0v) is 12.4. The molecule has 0 heterocycles. The van der Waals surface area contributed by atoms with Gasteiger partial charge in [-0.05, 0) is 43.7 Å². The number of allylic oxidation sites excluding steroid dienone is 2. The zero-order valence-electron chi connectivity index (χ0n) is 10.8. The highest BCUT2D eigenvalue weighted by Crippen LogP contribution is 2.32. The first-order valence-electron chi connectivity index (χ1n) is 6.41. The fourth-order valence-electron chi connectivity index (χ4n) is 2.75. The fraction of sp³-hybridized carbons (Fsp3) is 0.467. The highest BCUT2D eigenvalue weighted by molar-refractivity contribution is 6.39. The van der Waals surface area contributed by atoms with Crippen LogP contribution in [0.1, 0.15) is 26.7 Å². The summed E-state index contributed by atoms with van der Waals surface area (Å²) in [5, 5.41) is 4.79. The molecule has 0 radical (unpaired) electrons. The molecular weight excluding hydrogens is 265 g/mol. The van der Waals surface area contributed by atoms with E-state index in [1.807, 2.05) is 18.2 Å². The maximum atomic E-state index is 6.15. The summed E-state index contributed by atoms with van der Waals surface area (Å²) in [6.45, 7) is 5.42. The molecule has 18 heavy (non-hydrogen) atoms. The van der Waals surface area contributed by atoms with Gasteiger partial charge in [0.2, 0.25) is 0 Å². The first kappa shape index (κ1) is 13.8. The summed E-state index contributed by atoms with van der Waals surface area (Å²) >= 11 is 12.3. The molecule has 0 saturated carbocycles. The molecule has 1 aromatic rings. The molecule has 2 rings (SSSR count). The number of benzene rings is 1. The minimum Gasteiger partial charge on any atom is -0.382 e. The summed E-state index contributed by atoms with van der Waals surface area (Å²) in [6.07, 6.45) is 4.77. The maximum absolute atomic E-state index is 6.15. The topological polar surface area (TPSA) is 12.0 Å². The van der Waals surface area contributed by atoms with Crippen molar-refractivity contribution in [3.63, 3.8) is 0 Å². The number of para-hydroxylation sites is 1. The Morgan fingerprint density at radius 1 is 1.28 bits per heavy atom. The summed E-state index contributed by atoms with van der Waals surface area (Å²) in [5.74, 6) is 1.34. The molecule has 0 fully saturated rings. The molecule has 98 valence electrons. The second kappa shape index (κ2) is 5.99. The highest BCUT2D eigenvalue weighted by Gasteiger charge is 2.18. The Bertz CT molecular complexity index is 434. The van der Waals surface area contributed by atoms with Crippen molar-refractivity contribution in [2.24, 2.45) is 11.8 Å². The molecule has 1 nitrogen and oxygen atoms in total. The van der Waals surface area contributed by atoms with Crippen LogP contribution in [0.25, 0.3) is 0 Å². The van der Waals surface area contributed by atoms with Gasteiger partial charge in [-0.15, -0.1) is 0 Å². The highest BCUT2D eigenvalue weighted by atomic mass is 35.5. The third kappa shape index (κ3) is 3.43. The third-order valence-electron chi connectivity index (χ3n) is 3.42. The molecule has 1 N–H and O–H groups in total. The van der Waals surface area contributed by atoms with Crippen molar-refractivity contribution in [1.29, 1.82) is 0 Å². The molecule has 1 aliphatic carbocycles. The maximum Gasteiger partial charge on any atom is 0.0719 e. The van der Waals surface area contributed by atoms with E-state index in [0.29, 0.717) is 21.9 Å². The Morgan fingerprint density at radius 2 is 1.94 bits per heavy atom. The van der Waals surface area contributed by atoms with Gasteiger partial charge in [-0.3, -0.25) is 0 Å². The number of nitrogens with one attached hydrogen (secondary N) is 1. The van der Waals surface area contributed by atoms with Gasteiger partial charge in [-0.2, -0.15) is 0 Å². The molecule has 3 heteroatoms. The van der Waals surface area contributed by atoms with E-state index in [4.69, 9.17) is 23.2 Å². The lowest BCUT2D eigenvalue weighted by Gasteiger charge is -2.26. The molecule has 2 unspecified atom stereocenters. The third-order valence-corrected chi connectivity index (χ3v) is 4.05. The van der Waals surface area contributed by atoms with Crippen LogP contribution >= 0.6 is 23.2 Å². The van der Waals surface area contributed by atoms with E-state index >= 15 is 0 Å². The van der Waals surface area contributed by atoms with Crippen molar-refractivity contribution in [2.75, 3.05) is 11.9 Å². The van der Waals surface area contributed by atoms with E-state index < -0.39 is 0 Å². The van der Waals surface area contributed by atoms with Crippen LogP contribution in [-0.4, -0.2) is 6.54 Å². The minimum atomic E-state index is 0.664. The first-order chi connectivity index (χ1) is 8.56. The van der Waals surface area contributed by atoms with Crippen molar-refractivity contribution >= 4 is 28.9 Å². The van der Waals surface area contributed by atoms with Crippen LogP contribution < -0.4 is 5.32 Å². The summed E-state index contributed by atoms with van der Waals surface area (Å²) in [4.78, 5) is 0. The summed E-state index contributed by atoms with van der Waals surface area (Å²) in [7, 11) is 0.